The Kier molecular flexibility index (Phi) is 2.54. The van der Waals surface area contributed by atoms with Crippen molar-refractivity contribution in [3.63, 3.8) is 0 Å². The highest BCUT2D eigenvalue weighted by atomic mass is 35.7. The minimum absolute atomic E-state index is 0.00407. The van der Waals surface area contributed by atoms with Gasteiger partial charge in [-0.1, -0.05) is 29.8 Å². The summed E-state index contributed by atoms with van der Waals surface area (Å²) in [6, 6.07) is 6.81. The largest absolute Gasteiger partial charge is 0.282 e. The molecule has 0 spiro atoms. The fraction of sp³-hybridized carbons (Fsp3) is 0. The molecule has 1 aromatic carbocycles. The number of hydrogen-bond donors (Lipinski definition) is 0. The Bertz CT molecular complexity index is 628. The van der Waals surface area contributed by atoms with Crippen LogP contribution in [-0.2, 0) is 9.05 Å². The van der Waals surface area contributed by atoms with E-state index in [2.05, 4.69) is 10.2 Å². The average Bonchev–Trinajstić information content (AvgIpc) is 2.16. The van der Waals surface area contributed by atoms with Gasteiger partial charge >= 0.3 is 0 Å². The quantitative estimate of drug-likeness (QED) is 0.740. The van der Waals surface area contributed by atoms with E-state index in [1.165, 1.54) is 0 Å². The summed E-state index contributed by atoms with van der Waals surface area (Å²) in [6.45, 7) is 0. The van der Waals surface area contributed by atoms with Gasteiger partial charge in [-0.05, 0) is 6.07 Å². The zero-order chi connectivity index (χ0) is 11.1. The predicted molar refractivity (Wildman–Crippen MR) is 57.6 cm³/mol. The first-order chi connectivity index (χ1) is 7.00. The van der Waals surface area contributed by atoms with Gasteiger partial charge < -0.3 is 0 Å². The third-order valence-electron chi connectivity index (χ3n) is 1.81. The Balaban J connectivity index is 2.88. The van der Waals surface area contributed by atoms with Gasteiger partial charge in [0.05, 0.1) is 10.5 Å². The van der Waals surface area contributed by atoms with Crippen LogP contribution in [0.2, 0.25) is 5.02 Å². The number of nitrogens with zero attached hydrogens (tertiary/aromatic N) is 2. The second-order valence-corrected chi connectivity index (χ2v) is 5.63. The van der Waals surface area contributed by atoms with Gasteiger partial charge in [-0.3, -0.25) is 0 Å². The molecule has 1 aromatic heterocycles. The summed E-state index contributed by atoms with van der Waals surface area (Å²) in [5.74, 6) is 0. The van der Waals surface area contributed by atoms with Crippen LogP contribution < -0.4 is 0 Å². The van der Waals surface area contributed by atoms with Crippen LogP contribution in [0.3, 0.4) is 0 Å². The highest BCUT2D eigenvalue weighted by molar-refractivity contribution is 8.13. The van der Waals surface area contributed by atoms with Crippen molar-refractivity contribution in [1.29, 1.82) is 0 Å². The van der Waals surface area contributed by atoms with E-state index in [0.717, 1.165) is 0 Å². The summed E-state index contributed by atoms with van der Waals surface area (Å²) in [7, 11) is 1.19. The monoisotopic (exact) mass is 262 g/mol. The van der Waals surface area contributed by atoms with E-state index in [9.17, 15) is 8.42 Å². The molecule has 4 nitrogen and oxygen atoms in total. The molecule has 0 amide bonds. The first-order valence-corrected chi connectivity index (χ1v) is 6.54. The van der Waals surface area contributed by atoms with Gasteiger partial charge in [-0.2, -0.15) is 0 Å². The predicted octanol–water partition coefficient (Wildman–Crippen LogP) is 2.21. The van der Waals surface area contributed by atoms with Crippen molar-refractivity contribution in [2.75, 3.05) is 0 Å². The summed E-state index contributed by atoms with van der Waals surface area (Å²) < 4.78 is 22.2. The Hall–Kier alpha value is -0.910. The van der Waals surface area contributed by atoms with Crippen molar-refractivity contribution in [2.45, 2.75) is 5.03 Å². The van der Waals surface area contributed by atoms with Crippen LogP contribution in [0.4, 0.5) is 0 Å². The molecule has 15 heavy (non-hydrogen) atoms. The van der Waals surface area contributed by atoms with Crippen molar-refractivity contribution in [1.82, 2.24) is 10.2 Å². The van der Waals surface area contributed by atoms with E-state index >= 15 is 0 Å². The van der Waals surface area contributed by atoms with E-state index < -0.39 is 14.1 Å². The maximum Gasteiger partial charge on any atom is 0.282 e. The van der Waals surface area contributed by atoms with Gasteiger partial charge in [0, 0.05) is 16.1 Å². The van der Waals surface area contributed by atoms with Crippen molar-refractivity contribution in [3.05, 3.63) is 29.3 Å². The normalized spacial score (nSPS) is 11.9. The third-order valence-corrected chi connectivity index (χ3v) is 3.49. The summed E-state index contributed by atoms with van der Waals surface area (Å²) in [5.41, 5.74) is 0.520. The number of rotatable bonds is 1. The second kappa shape index (κ2) is 3.59. The molecule has 0 radical (unpaired) electrons. The molecular weight excluding hydrogens is 259 g/mol. The highest BCUT2D eigenvalue weighted by Gasteiger charge is 2.19. The lowest BCUT2D eigenvalue weighted by Gasteiger charge is -2.01. The fourth-order valence-corrected chi connectivity index (χ4v) is 2.57. The molecule has 0 saturated heterocycles. The van der Waals surface area contributed by atoms with Crippen LogP contribution in [-0.4, -0.2) is 18.6 Å². The van der Waals surface area contributed by atoms with Crippen molar-refractivity contribution < 1.29 is 8.42 Å². The smallest absolute Gasteiger partial charge is 0.205 e. The van der Waals surface area contributed by atoms with Crippen LogP contribution in [0.5, 0.6) is 0 Å². The molecule has 2 rings (SSSR count). The van der Waals surface area contributed by atoms with Gasteiger partial charge in [0.15, 0.2) is 0 Å². The minimum atomic E-state index is -3.96. The average molecular weight is 263 g/mol. The van der Waals surface area contributed by atoms with Gasteiger partial charge in [-0.15, -0.1) is 10.2 Å². The van der Waals surface area contributed by atoms with Crippen molar-refractivity contribution in [3.8, 4) is 0 Å². The molecule has 0 N–H and O–H groups in total. The molecule has 0 aliphatic heterocycles. The van der Waals surface area contributed by atoms with Gasteiger partial charge in [0.1, 0.15) is 0 Å². The SMILES string of the molecule is O=S(=O)(Cl)c1nnc2ccccc2c1Cl. The van der Waals surface area contributed by atoms with Crippen LogP contribution in [0.1, 0.15) is 0 Å². The number of aromatic nitrogens is 2. The van der Waals surface area contributed by atoms with E-state index in [1.807, 2.05) is 0 Å². The summed E-state index contributed by atoms with van der Waals surface area (Å²) in [6.07, 6.45) is 0. The van der Waals surface area contributed by atoms with Crippen LogP contribution in [0.25, 0.3) is 10.9 Å². The Morgan fingerprint density at radius 3 is 2.47 bits per heavy atom. The van der Waals surface area contributed by atoms with Gasteiger partial charge in [0.25, 0.3) is 9.05 Å². The summed E-state index contributed by atoms with van der Waals surface area (Å²) >= 11 is 5.86. The molecule has 0 aliphatic carbocycles. The molecule has 0 fully saturated rings. The third kappa shape index (κ3) is 1.90. The fourth-order valence-electron chi connectivity index (χ4n) is 1.16. The Morgan fingerprint density at radius 2 is 1.80 bits per heavy atom. The molecule has 0 unspecified atom stereocenters. The first-order valence-electron chi connectivity index (χ1n) is 3.86. The van der Waals surface area contributed by atoms with Crippen molar-refractivity contribution >= 4 is 42.2 Å². The summed E-state index contributed by atoms with van der Waals surface area (Å²) in [5, 5.41) is 7.28. The molecule has 7 heteroatoms. The number of halogens is 2. The maximum atomic E-state index is 11.1. The standard InChI is InChI=1S/C8H4Cl2N2O2S/c9-7-5-3-1-2-4-6(5)11-12-8(7)15(10,13)14/h1-4H. The zero-order valence-electron chi connectivity index (χ0n) is 7.18. The van der Waals surface area contributed by atoms with Crippen LogP contribution >= 0.6 is 22.3 Å². The van der Waals surface area contributed by atoms with E-state index in [-0.39, 0.29) is 5.02 Å². The summed E-state index contributed by atoms with van der Waals surface area (Å²) in [4.78, 5) is 0. The highest BCUT2D eigenvalue weighted by Crippen LogP contribution is 2.28. The van der Waals surface area contributed by atoms with Gasteiger partial charge in [0.2, 0.25) is 5.03 Å². The Morgan fingerprint density at radius 1 is 1.13 bits per heavy atom. The molecule has 78 valence electrons. The number of benzene rings is 1. The lowest BCUT2D eigenvalue weighted by Crippen LogP contribution is -1.99. The van der Waals surface area contributed by atoms with Crippen LogP contribution in [0, 0.1) is 0 Å². The topological polar surface area (TPSA) is 59.9 Å². The molecule has 2 aromatic rings. The second-order valence-electron chi connectivity index (χ2n) is 2.77. The van der Waals surface area contributed by atoms with E-state index in [1.54, 1.807) is 24.3 Å². The molecule has 0 atom stereocenters. The van der Waals surface area contributed by atoms with Gasteiger partial charge in [-0.25, -0.2) is 8.42 Å². The lowest BCUT2D eigenvalue weighted by molar-refractivity contribution is 0.604. The number of fused-ring (bicyclic) bond motifs is 1. The van der Waals surface area contributed by atoms with Crippen LogP contribution in [0.15, 0.2) is 29.3 Å². The van der Waals surface area contributed by atoms with E-state index in [0.29, 0.717) is 10.9 Å². The lowest BCUT2D eigenvalue weighted by atomic mass is 10.2. The van der Waals surface area contributed by atoms with E-state index in [4.69, 9.17) is 22.3 Å². The molecular formula is C8H4Cl2N2O2S. The minimum Gasteiger partial charge on any atom is -0.205 e. The Labute approximate surface area is 95.3 Å². The molecule has 0 saturated carbocycles. The molecule has 0 aliphatic rings. The van der Waals surface area contributed by atoms with Crippen molar-refractivity contribution in [2.24, 2.45) is 0 Å². The zero-order valence-corrected chi connectivity index (χ0v) is 9.51. The molecule has 1 heterocycles. The molecule has 0 bridgehead atoms. The maximum absolute atomic E-state index is 11.1. The first kappa shape index (κ1) is 10.6. The number of hydrogen-bond acceptors (Lipinski definition) is 4.